The lowest BCUT2D eigenvalue weighted by Gasteiger charge is -2.19. The maximum atomic E-state index is 12.2. The molecule has 0 saturated heterocycles. The van der Waals surface area contributed by atoms with Gasteiger partial charge < -0.3 is 9.84 Å². The van der Waals surface area contributed by atoms with E-state index in [4.69, 9.17) is 27.9 Å². The Labute approximate surface area is 163 Å². The summed E-state index contributed by atoms with van der Waals surface area (Å²) >= 11 is 11.6. The second-order valence-electron chi connectivity index (χ2n) is 6.89. The molecule has 6 heteroatoms. The van der Waals surface area contributed by atoms with Gasteiger partial charge in [-0.1, -0.05) is 61.4 Å². The van der Waals surface area contributed by atoms with Gasteiger partial charge >= 0.3 is 11.9 Å². The Hall–Kier alpha value is -1.78. The number of allylic oxidation sites excluding steroid dienone is 6. The third-order valence-electron chi connectivity index (χ3n) is 5.11. The number of hydrogen-bond acceptors (Lipinski definition) is 3. The number of esters is 1. The molecule has 4 nitrogen and oxygen atoms in total. The number of methoxy groups -OCH3 is 1. The Balaban J connectivity index is 2.60. The number of carbonyl (C=O) groups is 2. The van der Waals surface area contributed by atoms with Crippen molar-refractivity contribution in [1.82, 2.24) is 0 Å². The number of aliphatic carboxylic acids is 1. The molecule has 0 aromatic rings. The van der Waals surface area contributed by atoms with Crippen LogP contribution in [0.15, 0.2) is 57.2 Å². The van der Waals surface area contributed by atoms with Crippen molar-refractivity contribution in [2.75, 3.05) is 7.11 Å². The zero-order valence-corrected chi connectivity index (χ0v) is 16.7. The molecule has 0 aromatic carbocycles. The molecule has 0 aliphatic heterocycles. The molecular formula is C20H22Cl2O4. The van der Waals surface area contributed by atoms with Crippen LogP contribution in [0.1, 0.15) is 27.2 Å². The number of halogens is 2. The fourth-order valence-corrected chi connectivity index (χ4v) is 3.96. The van der Waals surface area contributed by atoms with Crippen LogP contribution >= 0.6 is 23.2 Å². The molecule has 0 aromatic heterocycles. The molecule has 2 aliphatic rings. The van der Waals surface area contributed by atoms with E-state index in [1.54, 1.807) is 25.2 Å². The first-order chi connectivity index (χ1) is 12.2. The number of rotatable bonds is 5. The van der Waals surface area contributed by atoms with Crippen LogP contribution in [-0.4, -0.2) is 24.2 Å². The molecular weight excluding hydrogens is 375 g/mol. The summed E-state index contributed by atoms with van der Waals surface area (Å²) in [5.41, 5.74) is 1.57. The van der Waals surface area contributed by atoms with E-state index < -0.39 is 11.9 Å². The van der Waals surface area contributed by atoms with Gasteiger partial charge in [0.1, 0.15) is 4.49 Å². The molecule has 0 radical (unpaired) electrons. The van der Waals surface area contributed by atoms with Gasteiger partial charge in [-0.2, -0.15) is 0 Å². The lowest BCUT2D eigenvalue weighted by atomic mass is 9.85. The Bertz CT molecular complexity index is 778. The third kappa shape index (κ3) is 3.81. The Morgan fingerprint density at radius 1 is 1.35 bits per heavy atom. The molecule has 2 aliphatic carbocycles. The van der Waals surface area contributed by atoms with Crippen molar-refractivity contribution in [1.29, 1.82) is 0 Å². The van der Waals surface area contributed by atoms with E-state index in [0.717, 1.165) is 0 Å². The van der Waals surface area contributed by atoms with E-state index >= 15 is 0 Å². The topological polar surface area (TPSA) is 63.6 Å². The Morgan fingerprint density at radius 3 is 2.50 bits per heavy atom. The minimum atomic E-state index is -0.999. The summed E-state index contributed by atoms with van der Waals surface area (Å²) in [6.45, 7) is 5.69. The van der Waals surface area contributed by atoms with E-state index in [1.807, 2.05) is 26.0 Å². The van der Waals surface area contributed by atoms with Gasteiger partial charge in [0.15, 0.2) is 0 Å². The smallest absolute Gasteiger partial charge is 0.338 e. The predicted octanol–water partition coefficient (Wildman–Crippen LogP) is 4.96. The van der Waals surface area contributed by atoms with Crippen molar-refractivity contribution in [3.8, 4) is 0 Å². The van der Waals surface area contributed by atoms with Crippen LogP contribution in [0.2, 0.25) is 0 Å². The minimum absolute atomic E-state index is 0.0783. The lowest BCUT2D eigenvalue weighted by molar-refractivity contribution is -0.136. The molecule has 140 valence electrons. The van der Waals surface area contributed by atoms with Crippen LogP contribution in [-0.2, 0) is 14.3 Å². The van der Waals surface area contributed by atoms with Crippen molar-refractivity contribution in [3.05, 3.63) is 57.2 Å². The lowest BCUT2D eigenvalue weighted by Crippen LogP contribution is -2.16. The molecule has 0 spiro atoms. The molecule has 2 rings (SSSR count). The van der Waals surface area contributed by atoms with Gasteiger partial charge in [-0.05, 0) is 41.9 Å². The van der Waals surface area contributed by atoms with Gasteiger partial charge in [-0.3, -0.25) is 0 Å². The highest BCUT2D eigenvalue weighted by Crippen LogP contribution is 2.64. The standard InChI is InChI=1S/C20H22Cl2O4/c1-5-11(19(25)26-4)12-8-6-7-9-13(12)16(18(23)24)17-14(10-15(21)22)20(17,2)3/h5-8,10,14,17H,9H2,1-4H3,(H,23,24). The minimum Gasteiger partial charge on any atom is -0.478 e. The average Bonchev–Trinajstić information content (AvgIpc) is 3.08. The zero-order chi connectivity index (χ0) is 19.6. The van der Waals surface area contributed by atoms with Crippen LogP contribution < -0.4 is 0 Å². The largest absolute Gasteiger partial charge is 0.478 e. The van der Waals surface area contributed by atoms with Gasteiger partial charge in [0.2, 0.25) is 0 Å². The summed E-state index contributed by atoms with van der Waals surface area (Å²) in [5.74, 6) is -1.81. The van der Waals surface area contributed by atoms with Crippen molar-refractivity contribution >= 4 is 35.1 Å². The molecule has 0 amide bonds. The van der Waals surface area contributed by atoms with Gasteiger partial charge in [0.25, 0.3) is 0 Å². The molecule has 0 bridgehead atoms. The van der Waals surface area contributed by atoms with Crippen LogP contribution in [0, 0.1) is 17.3 Å². The summed E-state index contributed by atoms with van der Waals surface area (Å²) in [5, 5.41) is 9.96. The van der Waals surface area contributed by atoms with E-state index in [1.165, 1.54) is 7.11 Å². The van der Waals surface area contributed by atoms with Crippen LogP contribution in [0.4, 0.5) is 0 Å². The molecule has 26 heavy (non-hydrogen) atoms. The quantitative estimate of drug-likeness (QED) is 0.526. The second-order valence-corrected chi connectivity index (χ2v) is 7.89. The van der Waals surface area contributed by atoms with Crippen molar-refractivity contribution in [2.45, 2.75) is 27.2 Å². The van der Waals surface area contributed by atoms with E-state index in [2.05, 4.69) is 0 Å². The van der Waals surface area contributed by atoms with Gasteiger partial charge in [-0.25, -0.2) is 9.59 Å². The van der Waals surface area contributed by atoms with E-state index in [-0.39, 0.29) is 21.7 Å². The normalized spacial score (nSPS) is 25.9. The summed E-state index contributed by atoms with van der Waals surface area (Å²) in [4.78, 5) is 24.3. The van der Waals surface area contributed by atoms with Crippen molar-refractivity contribution in [3.63, 3.8) is 0 Å². The summed E-state index contributed by atoms with van der Waals surface area (Å²) in [6.07, 6.45) is 9.21. The van der Waals surface area contributed by atoms with E-state index in [0.29, 0.717) is 28.7 Å². The maximum Gasteiger partial charge on any atom is 0.338 e. The number of carbonyl (C=O) groups excluding carboxylic acids is 1. The van der Waals surface area contributed by atoms with Gasteiger partial charge in [0, 0.05) is 11.5 Å². The molecule has 2 atom stereocenters. The fourth-order valence-electron chi connectivity index (χ4n) is 3.69. The molecule has 2 unspecified atom stereocenters. The average molecular weight is 397 g/mol. The third-order valence-corrected chi connectivity index (χ3v) is 5.36. The molecule has 1 saturated carbocycles. The Morgan fingerprint density at radius 2 is 2.00 bits per heavy atom. The molecule has 0 heterocycles. The van der Waals surface area contributed by atoms with Crippen molar-refractivity contribution < 1.29 is 19.4 Å². The highest BCUT2D eigenvalue weighted by Gasteiger charge is 2.60. The van der Waals surface area contributed by atoms with E-state index in [9.17, 15) is 14.7 Å². The van der Waals surface area contributed by atoms with Crippen LogP contribution in [0.5, 0.6) is 0 Å². The number of carboxylic acid groups (broad SMARTS) is 1. The molecule has 1 N–H and O–H groups in total. The maximum absolute atomic E-state index is 12.2. The van der Waals surface area contributed by atoms with Gasteiger partial charge in [-0.15, -0.1) is 0 Å². The SMILES string of the molecule is CC=C(C(=O)OC)C1=CC=CCC1=C(C(=O)O)C1C(C=C(Cl)Cl)C1(C)C. The zero-order valence-electron chi connectivity index (χ0n) is 15.2. The number of ether oxygens (including phenoxy) is 1. The highest BCUT2D eigenvalue weighted by molar-refractivity contribution is 6.55. The second kappa shape index (κ2) is 7.85. The number of hydrogen-bond donors (Lipinski definition) is 1. The van der Waals surface area contributed by atoms with Gasteiger partial charge in [0.05, 0.1) is 12.7 Å². The predicted molar refractivity (Wildman–Crippen MR) is 103 cm³/mol. The summed E-state index contributed by atoms with van der Waals surface area (Å²) < 4.78 is 4.98. The number of carboxylic acids is 1. The van der Waals surface area contributed by atoms with Crippen molar-refractivity contribution in [2.24, 2.45) is 17.3 Å². The Kier molecular flexibility index (Phi) is 6.20. The monoisotopic (exact) mass is 396 g/mol. The molecule has 1 fully saturated rings. The van der Waals surface area contributed by atoms with Crippen LogP contribution in [0.25, 0.3) is 0 Å². The first-order valence-corrected chi connectivity index (χ1v) is 9.03. The highest BCUT2D eigenvalue weighted by atomic mass is 35.5. The van der Waals surface area contributed by atoms with Crippen LogP contribution in [0.3, 0.4) is 0 Å². The summed E-state index contributed by atoms with van der Waals surface area (Å²) in [7, 11) is 1.31. The summed E-state index contributed by atoms with van der Waals surface area (Å²) in [6, 6.07) is 0. The first kappa shape index (κ1) is 20.5. The first-order valence-electron chi connectivity index (χ1n) is 8.28. The fraction of sp³-hybridized carbons (Fsp3) is 0.400.